The van der Waals surface area contributed by atoms with Crippen molar-refractivity contribution in [3.05, 3.63) is 65.5 Å². The van der Waals surface area contributed by atoms with Gasteiger partial charge in [0.15, 0.2) is 5.96 Å². The zero-order chi connectivity index (χ0) is 21.7. The van der Waals surface area contributed by atoms with Crippen LogP contribution in [0.15, 0.2) is 58.4 Å². The van der Waals surface area contributed by atoms with E-state index in [0.717, 1.165) is 55.6 Å². The molecule has 5 nitrogen and oxygen atoms in total. The predicted molar refractivity (Wildman–Crippen MR) is 140 cm³/mol. The summed E-state index contributed by atoms with van der Waals surface area (Å²) in [6.45, 7) is 3.76. The summed E-state index contributed by atoms with van der Waals surface area (Å²) >= 11 is 1.73. The van der Waals surface area contributed by atoms with Crippen LogP contribution in [0.2, 0.25) is 0 Å². The Labute approximate surface area is 212 Å². The maximum absolute atomic E-state index is 12.9. The second kappa shape index (κ2) is 15.5. The summed E-state index contributed by atoms with van der Waals surface area (Å²) in [7, 11) is 1.78. The van der Waals surface area contributed by atoms with Gasteiger partial charge in [0, 0.05) is 38.2 Å². The van der Waals surface area contributed by atoms with Gasteiger partial charge in [-0.25, -0.2) is 4.39 Å². The van der Waals surface area contributed by atoms with Gasteiger partial charge >= 0.3 is 0 Å². The Kier molecular flexibility index (Phi) is 13.0. The number of hydrogen-bond acceptors (Lipinski definition) is 4. The maximum Gasteiger partial charge on any atom is 0.191 e. The molecule has 0 spiro atoms. The first-order chi connectivity index (χ1) is 15.2. The zero-order valence-corrected chi connectivity index (χ0v) is 21.7. The van der Waals surface area contributed by atoms with Crippen LogP contribution in [0, 0.1) is 5.82 Å². The normalized spacial score (nSPS) is 14.6. The van der Waals surface area contributed by atoms with Crippen LogP contribution >= 0.6 is 35.7 Å². The molecule has 3 rings (SSSR count). The maximum atomic E-state index is 12.9. The molecule has 2 aromatic rings. The molecule has 1 heterocycles. The molecular weight excluding hydrogens is 540 g/mol. The number of ether oxygens (including phenoxy) is 2. The Balaban J connectivity index is 0.00000363. The molecule has 0 atom stereocenters. The molecule has 0 bridgehead atoms. The highest BCUT2D eigenvalue weighted by atomic mass is 127. The van der Waals surface area contributed by atoms with E-state index in [2.05, 4.69) is 39.9 Å². The minimum atomic E-state index is -0.196. The van der Waals surface area contributed by atoms with Gasteiger partial charge in [-0.15, -0.1) is 35.7 Å². The first-order valence-electron chi connectivity index (χ1n) is 10.8. The zero-order valence-electron chi connectivity index (χ0n) is 18.5. The number of halogens is 2. The van der Waals surface area contributed by atoms with Crippen molar-refractivity contribution in [1.29, 1.82) is 0 Å². The van der Waals surface area contributed by atoms with Crippen molar-refractivity contribution in [3.63, 3.8) is 0 Å². The molecule has 0 aliphatic carbocycles. The number of guanidine groups is 1. The lowest BCUT2D eigenvalue weighted by Crippen LogP contribution is -2.37. The Hall–Kier alpha value is -1.36. The molecule has 32 heavy (non-hydrogen) atoms. The molecule has 2 aromatic carbocycles. The van der Waals surface area contributed by atoms with E-state index in [0.29, 0.717) is 19.3 Å². The first kappa shape index (κ1) is 26.9. The largest absolute Gasteiger partial charge is 0.381 e. The number of thioether (sulfide) groups is 1. The van der Waals surface area contributed by atoms with Crippen molar-refractivity contribution in [2.45, 2.75) is 43.4 Å². The molecule has 1 aliphatic heterocycles. The number of nitrogens with one attached hydrogen (secondary N) is 2. The Bertz CT molecular complexity index is 817. The molecule has 2 N–H and O–H groups in total. The van der Waals surface area contributed by atoms with Crippen molar-refractivity contribution >= 4 is 41.7 Å². The minimum absolute atomic E-state index is 0. The lowest BCUT2D eigenvalue weighted by atomic mass is 10.1. The molecule has 0 amide bonds. The van der Waals surface area contributed by atoms with Crippen molar-refractivity contribution in [1.82, 2.24) is 10.6 Å². The Morgan fingerprint density at radius 3 is 2.62 bits per heavy atom. The number of aliphatic imine (C=N–C) groups is 1. The fourth-order valence-electron chi connectivity index (χ4n) is 3.29. The van der Waals surface area contributed by atoms with Gasteiger partial charge in [-0.05, 0) is 60.4 Å². The third-order valence-corrected chi connectivity index (χ3v) is 6.12. The van der Waals surface area contributed by atoms with Crippen LogP contribution in [-0.2, 0) is 22.6 Å². The molecule has 0 radical (unpaired) electrons. The summed E-state index contributed by atoms with van der Waals surface area (Å²) in [5.41, 5.74) is 2.38. The second-order valence-electron chi connectivity index (χ2n) is 7.45. The molecule has 1 saturated heterocycles. The van der Waals surface area contributed by atoms with Crippen LogP contribution in [-0.4, -0.2) is 44.6 Å². The highest BCUT2D eigenvalue weighted by Gasteiger charge is 2.14. The topological polar surface area (TPSA) is 54.9 Å². The fourth-order valence-corrected chi connectivity index (χ4v) is 4.15. The van der Waals surface area contributed by atoms with Crippen molar-refractivity contribution in [2.24, 2.45) is 4.99 Å². The summed E-state index contributed by atoms with van der Waals surface area (Å²) in [4.78, 5) is 5.39. The Morgan fingerprint density at radius 2 is 1.88 bits per heavy atom. The molecular formula is C24H33FIN3O2S. The summed E-state index contributed by atoms with van der Waals surface area (Å²) in [5, 5.41) is 6.71. The van der Waals surface area contributed by atoms with Gasteiger partial charge in [0.1, 0.15) is 5.82 Å². The van der Waals surface area contributed by atoms with Gasteiger partial charge in [-0.1, -0.05) is 24.3 Å². The molecule has 8 heteroatoms. The monoisotopic (exact) mass is 573 g/mol. The summed E-state index contributed by atoms with van der Waals surface area (Å²) in [6.07, 6.45) is 3.25. The molecule has 0 unspecified atom stereocenters. The minimum Gasteiger partial charge on any atom is -0.381 e. The molecule has 0 saturated carbocycles. The number of benzene rings is 2. The SMILES string of the molecule is CN=C(NCCCSc1ccc(F)cc1)NCc1cccc(COC2CCOCC2)c1.I. The van der Waals surface area contributed by atoms with Gasteiger partial charge < -0.3 is 20.1 Å². The molecule has 0 aromatic heterocycles. The molecule has 1 fully saturated rings. The van der Waals surface area contributed by atoms with Gasteiger partial charge in [0.2, 0.25) is 0 Å². The van der Waals surface area contributed by atoms with E-state index in [4.69, 9.17) is 9.47 Å². The standard InChI is InChI=1S/C24H32FN3O2S.HI/c1-26-24(27-12-3-15-31-23-8-6-21(25)7-9-23)28-17-19-4-2-5-20(16-19)18-30-22-10-13-29-14-11-22;/h2,4-9,16,22H,3,10-15,17-18H2,1H3,(H2,26,27,28);1H. The second-order valence-corrected chi connectivity index (χ2v) is 8.62. The summed E-state index contributed by atoms with van der Waals surface area (Å²) < 4.78 is 24.4. The van der Waals surface area contributed by atoms with E-state index < -0.39 is 0 Å². The molecule has 1 aliphatic rings. The molecule has 176 valence electrons. The summed E-state index contributed by atoms with van der Waals surface area (Å²) in [5.74, 6) is 1.55. The van der Waals surface area contributed by atoms with Crippen LogP contribution in [0.3, 0.4) is 0 Å². The van der Waals surface area contributed by atoms with E-state index in [9.17, 15) is 4.39 Å². The number of nitrogens with zero attached hydrogens (tertiary/aromatic N) is 1. The van der Waals surface area contributed by atoms with E-state index in [1.54, 1.807) is 18.8 Å². The lowest BCUT2D eigenvalue weighted by molar-refractivity contribution is -0.0390. The fraction of sp³-hybridized carbons (Fsp3) is 0.458. The highest BCUT2D eigenvalue weighted by Crippen LogP contribution is 2.18. The van der Waals surface area contributed by atoms with Crippen LogP contribution in [0.4, 0.5) is 4.39 Å². The number of rotatable bonds is 10. The van der Waals surface area contributed by atoms with Gasteiger partial charge in [0.25, 0.3) is 0 Å². The third-order valence-electron chi connectivity index (χ3n) is 5.02. The average Bonchev–Trinajstić information content (AvgIpc) is 2.81. The van der Waals surface area contributed by atoms with Gasteiger partial charge in [-0.2, -0.15) is 0 Å². The third kappa shape index (κ3) is 10.1. The Morgan fingerprint density at radius 1 is 1.12 bits per heavy atom. The van der Waals surface area contributed by atoms with Crippen LogP contribution < -0.4 is 10.6 Å². The average molecular weight is 574 g/mol. The van der Waals surface area contributed by atoms with Crippen molar-refractivity contribution < 1.29 is 13.9 Å². The smallest absolute Gasteiger partial charge is 0.191 e. The van der Waals surface area contributed by atoms with E-state index in [-0.39, 0.29) is 29.8 Å². The van der Waals surface area contributed by atoms with Gasteiger partial charge in [-0.3, -0.25) is 4.99 Å². The number of hydrogen-bond donors (Lipinski definition) is 2. The van der Waals surface area contributed by atoms with E-state index in [1.807, 2.05) is 12.1 Å². The summed E-state index contributed by atoms with van der Waals surface area (Å²) in [6, 6.07) is 15.1. The van der Waals surface area contributed by atoms with E-state index >= 15 is 0 Å². The highest BCUT2D eigenvalue weighted by molar-refractivity contribution is 14.0. The van der Waals surface area contributed by atoms with Crippen molar-refractivity contribution in [2.75, 3.05) is 32.6 Å². The van der Waals surface area contributed by atoms with Crippen LogP contribution in [0.1, 0.15) is 30.4 Å². The predicted octanol–water partition coefficient (Wildman–Crippen LogP) is 4.99. The van der Waals surface area contributed by atoms with E-state index in [1.165, 1.54) is 23.3 Å². The lowest BCUT2D eigenvalue weighted by Gasteiger charge is -2.22. The van der Waals surface area contributed by atoms with Gasteiger partial charge in [0.05, 0.1) is 12.7 Å². The van der Waals surface area contributed by atoms with Crippen LogP contribution in [0.25, 0.3) is 0 Å². The first-order valence-corrected chi connectivity index (χ1v) is 11.8. The van der Waals surface area contributed by atoms with Crippen LogP contribution in [0.5, 0.6) is 0 Å². The quantitative estimate of drug-likeness (QED) is 0.138. The van der Waals surface area contributed by atoms with Crippen molar-refractivity contribution in [3.8, 4) is 0 Å².